The summed E-state index contributed by atoms with van der Waals surface area (Å²) < 4.78 is 47.5. The quantitative estimate of drug-likeness (QED) is 0.597. The third-order valence-corrected chi connectivity index (χ3v) is 3.88. The Bertz CT molecular complexity index is 1120. The smallest absolute Gasteiger partial charge is 0.258 e. The predicted molar refractivity (Wildman–Crippen MR) is 86.4 cm³/mol. The monoisotopic (exact) mass is 363 g/mol. The molecule has 0 atom stereocenters. The molecule has 26 heavy (non-hydrogen) atoms. The van der Waals surface area contributed by atoms with E-state index >= 15 is 0 Å². The molecule has 0 aliphatic rings. The second-order valence-corrected chi connectivity index (χ2v) is 5.49. The van der Waals surface area contributed by atoms with Crippen LogP contribution in [-0.4, -0.2) is 43.1 Å². The van der Waals surface area contributed by atoms with E-state index in [1.165, 1.54) is 17.7 Å². The van der Waals surface area contributed by atoms with Gasteiger partial charge in [-0.3, -0.25) is 0 Å². The first-order chi connectivity index (χ1) is 12.5. The minimum Gasteiger partial charge on any atom is -0.479 e. The van der Waals surface area contributed by atoms with Gasteiger partial charge in [-0.2, -0.15) is 4.98 Å². The fourth-order valence-electron chi connectivity index (χ4n) is 2.84. The summed E-state index contributed by atoms with van der Waals surface area (Å²) in [7, 11) is 1.38. The maximum Gasteiger partial charge on any atom is 0.258 e. The number of hydrogen-bond donors (Lipinski definition) is 1. The Hall–Kier alpha value is -3.37. The highest BCUT2D eigenvalue weighted by molar-refractivity contribution is 5.89. The standard InChI is InChI=1S/C15H12F3N7O/c1-26-14-13-12(8(16)5-25(13)22-15(19)20-14)7-2-3-9-10(4-7)24(23-21-9)6-11(17)18/h2-5,11H,6H2,1H3,(H2,19,22). The van der Waals surface area contributed by atoms with Crippen LogP contribution >= 0.6 is 0 Å². The van der Waals surface area contributed by atoms with Gasteiger partial charge < -0.3 is 10.5 Å². The van der Waals surface area contributed by atoms with Gasteiger partial charge >= 0.3 is 0 Å². The highest BCUT2D eigenvalue weighted by Crippen LogP contribution is 2.35. The van der Waals surface area contributed by atoms with E-state index < -0.39 is 18.8 Å². The number of halogens is 3. The molecule has 3 aromatic heterocycles. The average molecular weight is 363 g/mol. The van der Waals surface area contributed by atoms with Crippen molar-refractivity contribution < 1.29 is 17.9 Å². The molecule has 0 spiro atoms. The topological polar surface area (TPSA) is 96.2 Å². The zero-order valence-electron chi connectivity index (χ0n) is 13.4. The average Bonchev–Trinajstić information content (AvgIpc) is 3.13. The second-order valence-electron chi connectivity index (χ2n) is 5.49. The number of fused-ring (bicyclic) bond motifs is 2. The normalized spacial score (nSPS) is 11.7. The predicted octanol–water partition coefficient (Wildman–Crippen LogP) is 2.14. The van der Waals surface area contributed by atoms with Gasteiger partial charge in [0.15, 0.2) is 5.82 Å². The first-order valence-corrected chi connectivity index (χ1v) is 7.48. The van der Waals surface area contributed by atoms with E-state index in [0.717, 1.165) is 10.9 Å². The van der Waals surface area contributed by atoms with E-state index in [1.54, 1.807) is 12.1 Å². The summed E-state index contributed by atoms with van der Waals surface area (Å²) >= 11 is 0. The van der Waals surface area contributed by atoms with Gasteiger partial charge in [-0.15, -0.1) is 10.2 Å². The largest absolute Gasteiger partial charge is 0.479 e. The number of ether oxygens (including phenoxy) is 1. The van der Waals surface area contributed by atoms with Gasteiger partial charge in [-0.25, -0.2) is 22.4 Å². The first-order valence-electron chi connectivity index (χ1n) is 7.48. The Balaban J connectivity index is 1.96. The van der Waals surface area contributed by atoms with Gasteiger partial charge in [0, 0.05) is 0 Å². The van der Waals surface area contributed by atoms with Crippen LogP contribution in [0.4, 0.5) is 19.1 Å². The lowest BCUT2D eigenvalue weighted by Crippen LogP contribution is -2.08. The number of aromatic nitrogens is 6. The molecule has 3 heterocycles. The maximum absolute atomic E-state index is 14.6. The fraction of sp³-hybridized carbons (Fsp3) is 0.200. The Kier molecular flexibility index (Phi) is 3.63. The molecule has 0 fully saturated rings. The van der Waals surface area contributed by atoms with E-state index in [4.69, 9.17) is 10.5 Å². The third-order valence-electron chi connectivity index (χ3n) is 3.88. The van der Waals surface area contributed by atoms with Crippen LogP contribution < -0.4 is 10.5 Å². The zero-order valence-corrected chi connectivity index (χ0v) is 13.4. The Morgan fingerprint density at radius 3 is 2.85 bits per heavy atom. The molecular weight excluding hydrogens is 351 g/mol. The molecule has 11 heteroatoms. The fourth-order valence-corrected chi connectivity index (χ4v) is 2.84. The number of nitrogen functional groups attached to an aromatic ring is 1. The molecule has 0 bridgehead atoms. The van der Waals surface area contributed by atoms with E-state index in [9.17, 15) is 13.2 Å². The van der Waals surface area contributed by atoms with Crippen LogP contribution in [-0.2, 0) is 6.54 Å². The summed E-state index contributed by atoms with van der Waals surface area (Å²) in [4.78, 5) is 3.96. The van der Waals surface area contributed by atoms with E-state index in [1.807, 2.05) is 0 Å². The SMILES string of the molecule is COc1nc(N)nn2cc(F)c(-c3ccc4nnn(CC(F)F)c4c3)c12. The van der Waals surface area contributed by atoms with Gasteiger partial charge in [0.1, 0.15) is 17.6 Å². The lowest BCUT2D eigenvalue weighted by atomic mass is 10.1. The van der Waals surface area contributed by atoms with Crippen molar-refractivity contribution in [2.24, 2.45) is 0 Å². The van der Waals surface area contributed by atoms with Gasteiger partial charge in [-0.1, -0.05) is 11.3 Å². The summed E-state index contributed by atoms with van der Waals surface area (Å²) in [5.41, 5.74) is 7.22. The highest BCUT2D eigenvalue weighted by Gasteiger charge is 2.20. The number of nitrogens with two attached hydrogens (primary N) is 1. The molecule has 0 saturated carbocycles. The molecule has 0 radical (unpaired) electrons. The minimum atomic E-state index is -2.59. The molecule has 0 aliphatic heterocycles. The molecule has 0 amide bonds. The van der Waals surface area contributed by atoms with E-state index in [2.05, 4.69) is 20.4 Å². The number of hydrogen-bond acceptors (Lipinski definition) is 6. The summed E-state index contributed by atoms with van der Waals surface area (Å²) in [6.45, 7) is -0.609. The van der Waals surface area contributed by atoms with Crippen LogP contribution in [0.3, 0.4) is 0 Å². The minimum absolute atomic E-state index is 0.0782. The number of rotatable bonds is 4. The number of benzene rings is 1. The zero-order chi connectivity index (χ0) is 18.4. The Morgan fingerprint density at radius 2 is 2.12 bits per heavy atom. The molecule has 8 nitrogen and oxygen atoms in total. The van der Waals surface area contributed by atoms with Gasteiger partial charge in [-0.05, 0) is 17.7 Å². The first kappa shape index (κ1) is 16.1. The molecule has 4 aromatic rings. The van der Waals surface area contributed by atoms with Crippen molar-refractivity contribution in [1.29, 1.82) is 0 Å². The van der Waals surface area contributed by atoms with Crippen molar-refractivity contribution in [2.75, 3.05) is 12.8 Å². The van der Waals surface area contributed by atoms with Crippen LogP contribution in [0, 0.1) is 5.82 Å². The lowest BCUT2D eigenvalue weighted by molar-refractivity contribution is 0.122. The summed E-state index contributed by atoms with van der Waals surface area (Å²) in [5, 5.41) is 11.5. The number of anilines is 1. The third kappa shape index (κ3) is 2.48. The maximum atomic E-state index is 14.6. The van der Waals surface area contributed by atoms with Crippen molar-refractivity contribution in [3.63, 3.8) is 0 Å². The molecule has 0 saturated heterocycles. The highest BCUT2D eigenvalue weighted by atomic mass is 19.3. The molecular formula is C15H12F3N7O. The number of methoxy groups -OCH3 is 1. The summed E-state index contributed by atoms with van der Waals surface area (Å²) in [5.74, 6) is -0.572. The number of nitrogens with zero attached hydrogens (tertiary/aromatic N) is 6. The van der Waals surface area contributed by atoms with Gasteiger partial charge in [0.05, 0.1) is 24.4 Å². The van der Waals surface area contributed by atoms with Crippen molar-refractivity contribution in [3.05, 3.63) is 30.2 Å². The van der Waals surface area contributed by atoms with Crippen LogP contribution in [0.15, 0.2) is 24.4 Å². The molecule has 2 N–H and O–H groups in total. The molecule has 4 rings (SSSR count). The van der Waals surface area contributed by atoms with Gasteiger partial charge in [0.2, 0.25) is 11.8 Å². The van der Waals surface area contributed by atoms with Crippen molar-refractivity contribution in [1.82, 2.24) is 29.6 Å². The van der Waals surface area contributed by atoms with E-state index in [0.29, 0.717) is 16.6 Å². The Labute approximate surface area is 144 Å². The molecule has 0 aliphatic carbocycles. The Morgan fingerprint density at radius 1 is 1.31 bits per heavy atom. The van der Waals surface area contributed by atoms with Crippen LogP contribution in [0.25, 0.3) is 27.7 Å². The molecule has 0 unspecified atom stereocenters. The number of alkyl halides is 2. The van der Waals surface area contributed by atoms with Crippen molar-refractivity contribution in [2.45, 2.75) is 13.0 Å². The van der Waals surface area contributed by atoms with Crippen LogP contribution in [0.2, 0.25) is 0 Å². The van der Waals surface area contributed by atoms with Crippen molar-refractivity contribution >= 4 is 22.5 Å². The summed E-state index contributed by atoms with van der Waals surface area (Å²) in [6.07, 6.45) is -1.45. The van der Waals surface area contributed by atoms with Crippen molar-refractivity contribution in [3.8, 4) is 17.0 Å². The van der Waals surface area contributed by atoms with E-state index in [-0.39, 0.29) is 22.9 Å². The molecule has 1 aromatic carbocycles. The summed E-state index contributed by atoms with van der Waals surface area (Å²) in [6, 6.07) is 4.72. The van der Waals surface area contributed by atoms with Crippen LogP contribution in [0.1, 0.15) is 0 Å². The second kappa shape index (κ2) is 5.86. The van der Waals surface area contributed by atoms with Crippen LogP contribution in [0.5, 0.6) is 5.88 Å². The van der Waals surface area contributed by atoms with Gasteiger partial charge in [0.25, 0.3) is 6.43 Å². The lowest BCUT2D eigenvalue weighted by Gasteiger charge is -2.07. The molecule has 134 valence electrons.